The number of hydrogen-bond donors (Lipinski definition) is 1. The van der Waals surface area contributed by atoms with Crippen molar-refractivity contribution in [3.05, 3.63) is 24.0 Å². The molecule has 0 radical (unpaired) electrons. The molecule has 18 heavy (non-hydrogen) atoms. The Balaban J connectivity index is 1.71. The maximum atomic E-state index is 9.47. The number of aromatic nitrogens is 1. The van der Waals surface area contributed by atoms with Crippen LogP contribution >= 0.6 is 0 Å². The van der Waals surface area contributed by atoms with Crippen LogP contribution in [0.5, 0.6) is 0 Å². The molecule has 0 amide bonds. The number of aliphatic hydroxyl groups excluding tert-OH is 1. The lowest BCUT2D eigenvalue weighted by Crippen LogP contribution is -2.50. The van der Waals surface area contributed by atoms with Crippen molar-refractivity contribution in [1.29, 1.82) is 0 Å². The number of aliphatic hydroxyl groups is 1. The molecule has 3 rings (SSSR count). The predicted octanol–water partition coefficient (Wildman–Crippen LogP) is 1.42. The summed E-state index contributed by atoms with van der Waals surface area (Å²) >= 11 is 0. The van der Waals surface area contributed by atoms with Crippen LogP contribution < -0.4 is 4.90 Å². The lowest BCUT2D eigenvalue weighted by atomic mass is 10.1. The molecular formula is C14H21N3O. The van der Waals surface area contributed by atoms with Crippen molar-refractivity contribution in [2.45, 2.75) is 31.9 Å². The molecule has 1 N–H and O–H groups in total. The fourth-order valence-corrected chi connectivity index (χ4v) is 3.06. The minimum Gasteiger partial charge on any atom is -0.387 e. The van der Waals surface area contributed by atoms with Crippen LogP contribution in [0.15, 0.2) is 18.3 Å². The van der Waals surface area contributed by atoms with Gasteiger partial charge in [-0.05, 0) is 38.4 Å². The lowest BCUT2D eigenvalue weighted by Gasteiger charge is -2.38. The highest BCUT2D eigenvalue weighted by atomic mass is 16.3. The Bertz CT molecular complexity index is 404. The molecule has 1 aromatic heterocycles. The fourth-order valence-electron chi connectivity index (χ4n) is 3.06. The second-order valence-electron chi connectivity index (χ2n) is 5.40. The van der Waals surface area contributed by atoms with E-state index in [9.17, 15) is 5.11 Å². The molecule has 2 fully saturated rings. The van der Waals surface area contributed by atoms with Gasteiger partial charge in [-0.2, -0.15) is 0 Å². The molecule has 1 aromatic rings. The summed E-state index contributed by atoms with van der Waals surface area (Å²) in [7, 11) is 0. The number of rotatable bonds is 2. The van der Waals surface area contributed by atoms with Gasteiger partial charge in [-0.15, -0.1) is 0 Å². The monoisotopic (exact) mass is 247 g/mol. The summed E-state index contributed by atoms with van der Waals surface area (Å²) in [6.07, 6.45) is 4.09. The largest absolute Gasteiger partial charge is 0.387 e. The summed E-state index contributed by atoms with van der Waals surface area (Å²) in [5.74, 6) is 0. The first-order valence-electron chi connectivity index (χ1n) is 6.87. The van der Waals surface area contributed by atoms with E-state index in [1.807, 2.05) is 12.3 Å². The first-order valence-corrected chi connectivity index (χ1v) is 6.87. The second kappa shape index (κ2) is 4.86. The molecule has 2 atom stereocenters. The molecule has 4 heteroatoms. The van der Waals surface area contributed by atoms with Crippen LogP contribution in [-0.4, -0.2) is 47.2 Å². The molecule has 4 nitrogen and oxygen atoms in total. The average Bonchev–Trinajstić information content (AvgIpc) is 2.86. The third-order valence-electron chi connectivity index (χ3n) is 4.15. The van der Waals surface area contributed by atoms with Crippen LogP contribution in [0.1, 0.15) is 31.6 Å². The zero-order chi connectivity index (χ0) is 12.5. The van der Waals surface area contributed by atoms with Gasteiger partial charge in [0.2, 0.25) is 0 Å². The second-order valence-corrected chi connectivity index (χ2v) is 5.40. The zero-order valence-corrected chi connectivity index (χ0v) is 10.9. The molecule has 0 spiro atoms. The maximum absolute atomic E-state index is 9.47. The molecule has 0 bridgehead atoms. The SMILES string of the molecule is C[C@H](O)c1ccc(N2CCN3CCCC3C2)cn1. The Morgan fingerprint density at radius 3 is 2.94 bits per heavy atom. The van der Waals surface area contributed by atoms with E-state index in [-0.39, 0.29) is 0 Å². The molecule has 0 aromatic carbocycles. The van der Waals surface area contributed by atoms with Crippen molar-refractivity contribution in [1.82, 2.24) is 9.88 Å². The predicted molar refractivity (Wildman–Crippen MR) is 71.7 cm³/mol. The zero-order valence-electron chi connectivity index (χ0n) is 10.9. The van der Waals surface area contributed by atoms with Crippen molar-refractivity contribution >= 4 is 5.69 Å². The molecule has 2 saturated heterocycles. The third-order valence-corrected chi connectivity index (χ3v) is 4.15. The Morgan fingerprint density at radius 1 is 1.33 bits per heavy atom. The summed E-state index contributed by atoms with van der Waals surface area (Å²) in [5.41, 5.74) is 1.93. The van der Waals surface area contributed by atoms with Crippen LogP contribution in [0.3, 0.4) is 0 Å². The lowest BCUT2D eigenvalue weighted by molar-refractivity contribution is 0.194. The molecule has 3 heterocycles. The van der Waals surface area contributed by atoms with E-state index >= 15 is 0 Å². The first kappa shape index (κ1) is 11.9. The van der Waals surface area contributed by atoms with Crippen LogP contribution in [-0.2, 0) is 0 Å². The Labute approximate surface area is 108 Å². The van der Waals surface area contributed by atoms with E-state index in [1.54, 1.807) is 6.92 Å². The molecule has 0 aliphatic carbocycles. The van der Waals surface area contributed by atoms with Gasteiger partial charge in [0.05, 0.1) is 23.7 Å². The quantitative estimate of drug-likeness (QED) is 0.858. The van der Waals surface area contributed by atoms with Crippen molar-refractivity contribution in [3.63, 3.8) is 0 Å². The van der Waals surface area contributed by atoms with E-state index in [0.717, 1.165) is 24.8 Å². The number of piperazine rings is 1. The van der Waals surface area contributed by atoms with Gasteiger partial charge in [0.25, 0.3) is 0 Å². The smallest absolute Gasteiger partial charge is 0.0931 e. The highest BCUT2D eigenvalue weighted by Crippen LogP contribution is 2.25. The number of pyridine rings is 1. The third kappa shape index (κ3) is 2.22. The van der Waals surface area contributed by atoms with Gasteiger partial charge >= 0.3 is 0 Å². The summed E-state index contributed by atoms with van der Waals surface area (Å²) in [5, 5.41) is 9.47. The normalized spacial score (nSPS) is 26.1. The van der Waals surface area contributed by atoms with Gasteiger partial charge in [0, 0.05) is 25.7 Å². The minimum atomic E-state index is -0.481. The number of hydrogen-bond acceptors (Lipinski definition) is 4. The van der Waals surface area contributed by atoms with Crippen molar-refractivity contribution in [2.24, 2.45) is 0 Å². The van der Waals surface area contributed by atoms with E-state index < -0.39 is 6.10 Å². The van der Waals surface area contributed by atoms with Crippen molar-refractivity contribution in [2.75, 3.05) is 31.1 Å². The van der Waals surface area contributed by atoms with Crippen LogP contribution in [0.4, 0.5) is 5.69 Å². The highest BCUT2D eigenvalue weighted by Gasteiger charge is 2.30. The maximum Gasteiger partial charge on any atom is 0.0931 e. The van der Waals surface area contributed by atoms with Crippen molar-refractivity contribution < 1.29 is 5.11 Å². The number of anilines is 1. The standard InChI is InChI=1S/C14H21N3O/c1-11(18)14-5-4-12(9-15-14)17-8-7-16-6-2-3-13(16)10-17/h4-5,9,11,13,18H,2-3,6-8,10H2,1H3/t11-,13?/m0/s1. The number of nitrogens with zero attached hydrogens (tertiary/aromatic N) is 3. The van der Waals surface area contributed by atoms with E-state index in [4.69, 9.17) is 0 Å². The van der Waals surface area contributed by atoms with Crippen LogP contribution in [0.2, 0.25) is 0 Å². The summed E-state index contributed by atoms with van der Waals surface area (Å²) < 4.78 is 0. The van der Waals surface area contributed by atoms with E-state index in [0.29, 0.717) is 0 Å². The average molecular weight is 247 g/mol. The molecule has 0 saturated carbocycles. The van der Waals surface area contributed by atoms with Crippen LogP contribution in [0, 0.1) is 0 Å². The summed E-state index contributed by atoms with van der Waals surface area (Å²) in [6.45, 7) is 6.40. The van der Waals surface area contributed by atoms with Crippen LogP contribution in [0.25, 0.3) is 0 Å². The Morgan fingerprint density at radius 2 is 2.22 bits per heavy atom. The molecule has 98 valence electrons. The van der Waals surface area contributed by atoms with E-state index in [2.05, 4.69) is 20.9 Å². The molecule has 1 unspecified atom stereocenters. The van der Waals surface area contributed by atoms with Gasteiger partial charge in [-0.25, -0.2) is 0 Å². The van der Waals surface area contributed by atoms with Gasteiger partial charge in [-0.3, -0.25) is 9.88 Å². The Hall–Kier alpha value is -1.13. The van der Waals surface area contributed by atoms with Gasteiger partial charge < -0.3 is 10.0 Å². The summed E-state index contributed by atoms with van der Waals surface area (Å²) in [6, 6.07) is 4.75. The minimum absolute atomic E-state index is 0.481. The van der Waals surface area contributed by atoms with Gasteiger partial charge in [-0.1, -0.05) is 0 Å². The fraction of sp³-hybridized carbons (Fsp3) is 0.643. The van der Waals surface area contributed by atoms with Gasteiger partial charge in [0.1, 0.15) is 0 Å². The topological polar surface area (TPSA) is 39.6 Å². The first-order chi connectivity index (χ1) is 8.74. The Kier molecular flexibility index (Phi) is 3.22. The molecular weight excluding hydrogens is 226 g/mol. The molecule has 2 aliphatic rings. The van der Waals surface area contributed by atoms with Crippen molar-refractivity contribution in [3.8, 4) is 0 Å². The van der Waals surface area contributed by atoms with Gasteiger partial charge in [0.15, 0.2) is 0 Å². The molecule has 2 aliphatic heterocycles. The van der Waals surface area contributed by atoms with E-state index in [1.165, 1.54) is 31.6 Å². The number of fused-ring (bicyclic) bond motifs is 1. The summed E-state index contributed by atoms with van der Waals surface area (Å²) in [4.78, 5) is 9.36. The highest BCUT2D eigenvalue weighted by molar-refractivity contribution is 5.45.